The monoisotopic (exact) mass is 362 g/mol. The van der Waals surface area contributed by atoms with Gasteiger partial charge in [-0.2, -0.15) is 0 Å². The van der Waals surface area contributed by atoms with E-state index < -0.39 is 0 Å². The summed E-state index contributed by atoms with van der Waals surface area (Å²) >= 11 is 5.81. The number of aryl methyl sites for hydroxylation is 2. The van der Waals surface area contributed by atoms with Crippen LogP contribution in [-0.4, -0.2) is 26.1 Å². The molecular formula is C21H22N4S. The molecular weight excluding hydrogens is 340 g/mol. The van der Waals surface area contributed by atoms with Crippen molar-refractivity contribution in [1.82, 2.24) is 14.5 Å². The van der Waals surface area contributed by atoms with Crippen LogP contribution in [0.25, 0.3) is 0 Å². The van der Waals surface area contributed by atoms with Crippen molar-refractivity contribution in [2.75, 3.05) is 11.9 Å². The molecule has 0 saturated heterocycles. The largest absolute Gasteiger partial charge is 0.348 e. The van der Waals surface area contributed by atoms with E-state index in [-0.39, 0.29) is 6.04 Å². The lowest BCUT2D eigenvalue weighted by Gasteiger charge is -2.39. The van der Waals surface area contributed by atoms with Gasteiger partial charge in [0.2, 0.25) is 0 Å². The fraction of sp³-hybridized carbons (Fsp3) is 0.238. The number of hydrogen-bond acceptors (Lipinski definition) is 2. The van der Waals surface area contributed by atoms with Crippen LogP contribution in [0.3, 0.4) is 0 Å². The van der Waals surface area contributed by atoms with Crippen LogP contribution in [0.1, 0.15) is 28.4 Å². The Kier molecular flexibility index (Phi) is 4.47. The Morgan fingerprint density at radius 1 is 1.12 bits per heavy atom. The first-order chi connectivity index (χ1) is 12.6. The van der Waals surface area contributed by atoms with E-state index in [1.807, 2.05) is 18.5 Å². The van der Waals surface area contributed by atoms with E-state index in [4.69, 9.17) is 12.2 Å². The molecule has 0 aliphatic carbocycles. The molecule has 132 valence electrons. The Morgan fingerprint density at radius 3 is 2.65 bits per heavy atom. The van der Waals surface area contributed by atoms with Gasteiger partial charge in [-0.15, -0.1) is 0 Å². The summed E-state index contributed by atoms with van der Waals surface area (Å²) in [5.41, 5.74) is 5.89. The number of aromatic nitrogens is 2. The molecule has 26 heavy (non-hydrogen) atoms. The van der Waals surface area contributed by atoms with Crippen molar-refractivity contribution in [2.24, 2.45) is 0 Å². The summed E-state index contributed by atoms with van der Waals surface area (Å²) in [4.78, 5) is 6.58. The molecule has 0 radical (unpaired) electrons. The van der Waals surface area contributed by atoms with Gasteiger partial charge in [-0.25, -0.2) is 0 Å². The first kappa shape index (κ1) is 16.8. The first-order valence-electron chi connectivity index (χ1n) is 8.83. The molecule has 3 heterocycles. The van der Waals surface area contributed by atoms with E-state index in [1.165, 1.54) is 16.8 Å². The van der Waals surface area contributed by atoms with E-state index >= 15 is 0 Å². The zero-order chi connectivity index (χ0) is 18.1. The van der Waals surface area contributed by atoms with E-state index in [2.05, 4.69) is 76.2 Å². The Balaban J connectivity index is 1.67. The van der Waals surface area contributed by atoms with Gasteiger partial charge in [0, 0.05) is 43.1 Å². The number of anilines is 1. The molecule has 1 atom stereocenters. The van der Waals surface area contributed by atoms with E-state index in [0.29, 0.717) is 0 Å². The summed E-state index contributed by atoms with van der Waals surface area (Å²) in [6.45, 7) is 5.99. The number of rotatable bonds is 2. The molecule has 0 amide bonds. The van der Waals surface area contributed by atoms with Crippen molar-refractivity contribution in [2.45, 2.75) is 26.4 Å². The molecule has 1 unspecified atom stereocenters. The Hall–Kier alpha value is -2.66. The highest BCUT2D eigenvalue weighted by Gasteiger charge is 2.30. The maximum atomic E-state index is 5.81. The van der Waals surface area contributed by atoms with Gasteiger partial charge < -0.3 is 14.8 Å². The summed E-state index contributed by atoms with van der Waals surface area (Å²) in [6.07, 6.45) is 5.87. The maximum Gasteiger partial charge on any atom is 0.174 e. The first-order valence-corrected chi connectivity index (χ1v) is 9.23. The van der Waals surface area contributed by atoms with Crippen LogP contribution < -0.4 is 5.32 Å². The summed E-state index contributed by atoms with van der Waals surface area (Å²) in [6, 6.07) is 14.9. The molecule has 4 nitrogen and oxygen atoms in total. The number of nitrogens with zero attached hydrogens (tertiary/aromatic N) is 3. The van der Waals surface area contributed by atoms with Gasteiger partial charge in [0.15, 0.2) is 5.11 Å². The zero-order valence-electron chi connectivity index (χ0n) is 15.0. The number of fused-ring (bicyclic) bond motifs is 1. The van der Waals surface area contributed by atoms with Crippen molar-refractivity contribution in [3.63, 3.8) is 0 Å². The molecule has 1 aliphatic rings. The Labute approximate surface area is 159 Å². The van der Waals surface area contributed by atoms with Crippen LogP contribution in [0, 0.1) is 13.8 Å². The Bertz CT molecular complexity index is 912. The molecule has 0 spiro atoms. The highest BCUT2D eigenvalue weighted by Crippen LogP contribution is 2.32. The second-order valence-electron chi connectivity index (χ2n) is 6.82. The molecule has 5 heteroatoms. The molecule has 0 saturated carbocycles. The number of thiocarbonyl (C=S) groups is 1. The van der Waals surface area contributed by atoms with Gasteiger partial charge in [0.1, 0.15) is 0 Å². The minimum atomic E-state index is 0.0679. The fourth-order valence-electron chi connectivity index (χ4n) is 3.73. The molecule has 1 N–H and O–H groups in total. The average Bonchev–Trinajstić information content (AvgIpc) is 3.09. The van der Waals surface area contributed by atoms with Crippen molar-refractivity contribution >= 4 is 23.0 Å². The van der Waals surface area contributed by atoms with Crippen LogP contribution in [0.5, 0.6) is 0 Å². The molecule has 2 aromatic heterocycles. The SMILES string of the molecule is Cc1cc(C)cc(NC(=S)N2CCn3cccc3C2c2cccnc2)c1. The van der Waals surface area contributed by atoms with Crippen LogP contribution >= 0.6 is 12.2 Å². The molecule has 3 aromatic rings. The number of benzene rings is 1. The third-order valence-corrected chi connectivity index (χ3v) is 5.11. The number of nitrogens with one attached hydrogen (secondary N) is 1. The topological polar surface area (TPSA) is 33.1 Å². The highest BCUT2D eigenvalue weighted by molar-refractivity contribution is 7.80. The second-order valence-corrected chi connectivity index (χ2v) is 7.20. The second kappa shape index (κ2) is 6.92. The molecule has 1 aromatic carbocycles. The molecule has 0 fully saturated rings. The standard InChI is InChI=1S/C21H22N4S/c1-15-11-16(2)13-18(12-15)23-21(26)25-10-9-24-8-4-6-19(24)20(25)17-5-3-7-22-14-17/h3-8,11-14,20H,9-10H2,1-2H3,(H,23,26). The van der Waals surface area contributed by atoms with E-state index in [0.717, 1.165) is 29.5 Å². The number of hydrogen-bond donors (Lipinski definition) is 1. The van der Waals surface area contributed by atoms with Gasteiger partial charge in [0.25, 0.3) is 0 Å². The predicted octanol–water partition coefficient (Wildman–Crippen LogP) is 4.30. The van der Waals surface area contributed by atoms with Gasteiger partial charge in [-0.3, -0.25) is 4.98 Å². The minimum absolute atomic E-state index is 0.0679. The summed E-state index contributed by atoms with van der Waals surface area (Å²) in [5, 5.41) is 4.19. The van der Waals surface area contributed by atoms with Crippen LogP contribution in [0.15, 0.2) is 61.1 Å². The summed E-state index contributed by atoms with van der Waals surface area (Å²) in [7, 11) is 0. The van der Waals surface area contributed by atoms with Crippen molar-refractivity contribution < 1.29 is 0 Å². The van der Waals surface area contributed by atoms with Crippen LogP contribution in [-0.2, 0) is 6.54 Å². The van der Waals surface area contributed by atoms with Crippen molar-refractivity contribution in [3.05, 3.63) is 83.4 Å². The summed E-state index contributed by atoms with van der Waals surface area (Å²) < 4.78 is 2.30. The lowest BCUT2D eigenvalue weighted by atomic mass is 10.0. The van der Waals surface area contributed by atoms with Gasteiger partial charge >= 0.3 is 0 Å². The van der Waals surface area contributed by atoms with E-state index in [1.54, 1.807) is 0 Å². The average molecular weight is 363 g/mol. The molecule has 1 aliphatic heterocycles. The van der Waals surface area contributed by atoms with Crippen LogP contribution in [0.4, 0.5) is 5.69 Å². The van der Waals surface area contributed by atoms with Crippen molar-refractivity contribution in [1.29, 1.82) is 0 Å². The normalized spacial score (nSPS) is 16.2. The molecule has 0 bridgehead atoms. The lowest BCUT2D eigenvalue weighted by molar-refractivity contribution is 0.293. The van der Waals surface area contributed by atoms with Gasteiger partial charge in [-0.05, 0) is 73.1 Å². The fourth-order valence-corrected chi connectivity index (χ4v) is 4.05. The third-order valence-electron chi connectivity index (χ3n) is 4.77. The predicted molar refractivity (Wildman–Crippen MR) is 109 cm³/mol. The third kappa shape index (κ3) is 3.22. The zero-order valence-corrected chi connectivity index (χ0v) is 15.8. The minimum Gasteiger partial charge on any atom is -0.348 e. The Morgan fingerprint density at radius 2 is 1.92 bits per heavy atom. The smallest absolute Gasteiger partial charge is 0.174 e. The summed E-state index contributed by atoms with van der Waals surface area (Å²) in [5.74, 6) is 0. The van der Waals surface area contributed by atoms with Gasteiger partial charge in [0.05, 0.1) is 6.04 Å². The highest BCUT2D eigenvalue weighted by atomic mass is 32.1. The maximum absolute atomic E-state index is 5.81. The lowest BCUT2D eigenvalue weighted by Crippen LogP contribution is -2.44. The van der Waals surface area contributed by atoms with Crippen LogP contribution in [0.2, 0.25) is 0 Å². The quantitative estimate of drug-likeness (QED) is 0.689. The molecule has 4 rings (SSSR count). The number of pyridine rings is 1. The van der Waals surface area contributed by atoms with Crippen molar-refractivity contribution in [3.8, 4) is 0 Å². The van der Waals surface area contributed by atoms with Gasteiger partial charge in [-0.1, -0.05) is 12.1 Å². The van der Waals surface area contributed by atoms with E-state index in [9.17, 15) is 0 Å².